The van der Waals surface area contributed by atoms with Crippen LogP contribution in [0, 0.1) is 5.82 Å². The molecule has 0 radical (unpaired) electrons. The van der Waals surface area contributed by atoms with E-state index in [9.17, 15) is 4.39 Å². The highest BCUT2D eigenvalue weighted by atomic mass is 32.2. The van der Waals surface area contributed by atoms with E-state index in [-0.39, 0.29) is 5.82 Å². The summed E-state index contributed by atoms with van der Waals surface area (Å²) in [5, 5.41) is 12.0. The minimum Gasteiger partial charge on any atom is -0.379 e. The fourth-order valence-electron chi connectivity index (χ4n) is 2.10. The third-order valence-electron chi connectivity index (χ3n) is 3.22. The first-order chi connectivity index (χ1) is 10.8. The van der Waals surface area contributed by atoms with Crippen LogP contribution in [0.25, 0.3) is 0 Å². The molecule has 1 aliphatic heterocycles. The molecule has 1 aliphatic rings. The van der Waals surface area contributed by atoms with Crippen molar-refractivity contribution < 1.29 is 9.13 Å². The molecule has 0 spiro atoms. The number of thioether (sulfide) groups is 1. The number of hydrogen-bond acceptors (Lipinski definition) is 7. The smallest absolute Gasteiger partial charge is 0.210 e. The van der Waals surface area contributed by atoms with Gasteiger partial charge in [-0.3, -0.25) is 4.90 Å². The van der Waals surface area contributed by atoms with Crippen LogP contribution in [0.5, 0.6) is 0 Å². The molecular formula is C14H17FN4OS2. The summed E-state index contributed by atoms with van der Waals surface area (Å²) in [5.74, 6) is 0.712. The number of halogens is 1. The average molecular weight is 340 g/mol. The third-order valence-corrected chi connectivity index (χ3v) is 5.17. The van der Waals surface area contributed by atoms with Crippen LogP contribution in [0.3, 0.4) is 0 Å². The lowest BCUT2D eigenvalue weighted by molar-refractivity contribution is 0.0410. The second-order valence-corrected chi connectivity index (χ2v) is 7.13. The van der Waals surface area contributed by atoms with E-state index in [4.69, 9.17) is 4.74 Å². The van der Waals surface area contributed by atoms with Gasteiger partial charge in [0, 0.05) is 31.1 Å². The van der Waals surface area contributed by atoms with Crippen LogP contribution in [-0.2, 0) is 4.74 Å². The van der Waals surface area contributed by atoms with Gasteiger partial charge in [0.25, 0.3) is 0 Å². The van der Waals surface area contributed by atoms with Crippen molar-refractivity contribution in [1.82, 2.24) is 15.1 Å². The highest BCUT2D eigenvalue weighted by Gasteiger charge is 2.11. The molecule has 3 rings (SSSR count). The zero-order valence-electron chi connectivity index (χ0n) is 12.0. The molecule has 118 valence electrons. The Morgan fingerprint density at radius 1 is 1.32 bits per heavy atom. The molecular weight excluding hydrogens is 323 g/mol. The zero-order valence-corrected chi connectivity index (χ0v) is 13.6. The number of anilines is 2. The molecule has 1 aromatic heterocycles. The molecule has 2 aromatic rings. The van der Waals surface area contributed by atoms with Crippen LogP contribution in [0.4, 0.5) is 15.2 Å². The van der Waals surface area contributed by atoms with Crippen molar-refractivity contribution in [2.45, 2.75) is 4.34 Å². The van der Waals surface area contributed by atoms with Crippen LogP contribution in [0.1, 0.15) is 0 Å². The number of rotatable bonds is 6. The Kier molecular flexibility index (Phi) is 5.60. The van der Waals surface area contributed by atoms with E-state index >= 15 is 0 Å². The molecule has 1 aromatic carbocycles. The van der Waals surface area contributed by atoms with Crippen LogP contribution in [0.15, 0.2) is 28.6 Å². The number of ether oxygens (including phenoxy) is 1. The number of hydrogen-bond donors (Lipinski definition) is 1. The van der Waals surface area contributed by atoms with Gasteiger partial charge in [-0.05, 0) is 18.2 Å². The molecule has 2 heterocycles. The van der Waals surface area contributed by atoms with Crippen molar-refractivity contribution >= 4 is 33.9 Å². The number of nitrogens with zero attached hydrogens (tertiary/aromatic N) is 3. The predicted molar refractivity (Wildman–Crippen MR) is 87.6 cm³/mol. The van der Waals surface area contributed by atoms with Crippen molar-refractivity contribution in [2.24, 2.45) is 0 Å². The molecule has 0 amide bonds. The molecule has 22 heavy (non-hydrogen) atoms. The molecule has 1 N–H and O–H groups in total. The van der Waals surface area contributed by atoms with Gasteiger partial charge in [0.05, 0.1) is 13.2 Å². The van der Waals surface area contributed by atoms with Gasteiger partial charge in [-0.1, -0.05) is 29.2 Å². The molecule has 1 fully saturated rings. The average Bonchev–Trinajstić information content (AvgIpc) is 2.96. The summed E-state index contributed by atoms with van der Waals surface area (Å²) >= 11 is 3.18. The summed E-state index contributed by atoms with van der Waals surface area (Å²) in [5.41, 5.74) is 0.681. The van der Waals surface area contributed by atoms with Gasteiger partial charge in [0.1, 0.15) is 5.82 Å². The maximum Gasteiger partial charge on any atom is 0.210 e. The Morgan fingerprint density at radius 2 is 2.18 bits per heavy atom. The molecule has 0 saturated carbocycles. The quantitative estimate of drug-likeness (QED) is 0.816. The molecule has 5 nitrogen and oxygen atoms in total. The monoisotopic (exact) mass is 340 g/mol. The minimum atomic E-state index is -0.269. The first-order valence-electron chi connectivity index (χ1n) is 7.08. The van der Waals surface area contributed by atoms with E-state index < -0.39 is 0 Å². The Hall–Kier alpha value is -1.22. The van der Waals surface area contributed by atoms with Gasteiger partial charge >= 0.3 is 0 Å². The van der Waals surface area contributed by atoms with E-state index in [0.717, 1.165) is 42.9 Å². The maximum absolute atomic E-state index is 13.1. The van der Waals surface area contributed by atoms with Crippen molar-refractivity contribution in [1.29, 1.82) is 0 Å². The Balaban J connectivity index is 1.46. The van der Waals surface area contributed by atoms with Gasteiger partial charge in [-0.15, -0.1) is 10.2 Å². The largest absolute Gasteiger partial charge is 0.379 e. The molecule has 8 heteroatoms. The van der Waals surface area contributed by atoms with Crippen LogP contribution in [-0.4, -0.2) is 53.7 Å². The van der Waals surface area contributed by atoms with Crippen LogP contribution in [0.2, 0.25) is 0 Å². The lowest BCUT2D eigenvalue weighted by Gasteiger charge is -2.25. The molecule has 0 atom stereocenters. The van der Waals surface area contributed by atoms with E-state index in [2.05, 4.69) is 20.4 Å². The summed E-state index contributed by atoms with van der Waals surface area (Å²) in [7, 11) is 0. The maximum atomic E-state index is 13.1. The lowest BCUT2D eigenvalue weighted by atomic mass is 10.3. The van der Waals surface area contributed by atoms with Gasteiger partial charge in [-0.2, -0.15) is 0 Å². The fourth-order valence-corrected chi connectivity index (χ4v) is 3.94. The highest BCUT2D eigenvalue weighted by molar-refractivity contribution is 8.01. The normalized spacial score (nSPS) is 15.9. The Morgan fingerprint density at radius 3 is 3.00 bits per heavy atom. The van der Waals surface area contributed by atoms with Crippen molar-refractivity contribution in [3.63, 3.8) is 0 Å². The number of nitrogens with one attached hydrogen (secondary N) is 1. The first kappa shape index (κ1) is 15.7. The number of benzene rings is 1. The molecule has 0 aliphatic carbocycles. The van der Waals surface area contributed by atoms with Crippen LogP contribution < -0.4 is 5.32 Å². The van der Waals surface area contributed by atoms with Gasteiger partial charge < -0.3 is 10.1 Å². The van der Waals surface area contributed by atoms with Crippen molar-refractivity contribution in [2.75, 3.05) is 43.9 Å². The van der Waals surface area contributed by atoms with Gasteiger partial charge in [0.2, 0.25) is 5.13 Å². The standard InChI is InChI=1S/C14H17FN4OS2/c15-11-2-1-3-12(10-11)16-13-17-18-14(22-13)21-9-6-19-4-7-20-8-5-19/h1-3,10H,4-9H2,(H,16,17). The summed E-state index contributed by atoms with van der Waals surface area (Å²) in [6.07, 6.45) is 0. The second kappa shape index (κ2) is 7.87. The number of morpholine rings is 1. The molecule has 0 unspecified atom stereocenters. The Bertz CT molecular complexity index is 604. The SMILES string of the molecule is Fc1cccc(Nc2nnc(SCCN3CCOCC3)s2)c1. The van der Waals surface area contributed by atoms with E-state index in [1.54, 1.807) is 23.9 Å². The summed E-state index contributed by atoms with van der Waals surface area (Å²) < 4.78 is 19.4. The predicted octanol–water partition coefficient (Wildman–Crippen LogP) is 2.85. The number of aromatic nitrogens is 2. The van der Waals surface area contributed by atoms with E-state index in [1.807, 2.05) is 0 Å². The topological polar surface area (TPSA) is 50.3 Å². The minimum absolute atomic E-state index is 0.269. The Labute approximate surface area is 136 Å². The van der Waals surface area contributed by atoms with Crippen molar-refractivity contribution in [3.05, 3.63) is 30.1 Å². The molecule has 0 bridgehead atoms. The lowest BCUT2D eigenvalue weighted by Crippen LogP contribution is -2.37. The second-order valence-electron chi connectivity index (χ2n) is 4.81. The summed E-state index contributed by atoms with van der Waals surface area (Å²) in [6.45, 7) is 4.68. The fraction of sp³-hybridized carbons (Fsp3) is 0.429. The van der Waals surface area contributed by atoms with E-state index in [1.165, 1.54) is 23.5 Å². The third kappa shape index (κ3) is 4.64. The van der Waals surface area contributed by atoms with Gasteiger partial charge in [0.15, 0.2) is 4.34 Å². The first-order valence-corrected chi connectivity index (χ1v) is 8.89. The molecule has 1 saturated heterocycles. The summed E-state index contributed by atoms with van der Waals surface area (Å²) in [6, 6.07) is 6.32. The van der Waals surface area contributed by atoms with Crippen molar-refractivity contribution in [3.8, 4) is 0 Å². The highest BCUT2D eigenvalue weighted by Crippen LogP contribution is 2.27. The zero-order chi connectivity index (χ0) is 15.2. The van der Waals surface area contributed by atoms with Crippen LogP contribution >= 0.6 is 23.1 Å². The van der Waals surface area contributed by atoms with E-state index in [0.29, 0.717) is 10.8 Å². The summed E-state index contributed by atoms with van der Waals surface area (Å²) in [4.78, 5) is 2.39. The van der Waals surface area contributed by atoms with Gasteiger partial charge in [-0.25, -0.2) is 4.39 Å².